The van der Waals surface area contributed by atoms with Crippen molar-refractivity contribution in [2.24, 2.45) is 4.99 Å². The molecule has 1 aromatic carbocycles. The minimum absolute atomic E-state index is 0.375. The standard InChI is InChI=1S/C23H39N5O2/c1-5-24-23(25-15-18(2)28-12-13-30-17-19(28)3)26-20-8-7-11-27(16-20)21-9-6-10-22(14-21)29-4/h6,9-10,14,18-20H,5,7-8,11-13,15-17H2,1-4H3,(H2,24,25,26). The van der Waals surface area contributed by atoms with Crippen molar-refractivity contribution in [3.8, 4) is 5.75 Å². The first kappa shape index (κ1) is 22.7. The molecular weight excluding hydrogens is 378 g/mol. The van der Waals surface area contributed by atoms with Crippen LogP contribution in [0.2, 0.25) is 0 Å². The number of guanidine groups is 1. The SMILES string of the molecule is CCNC(=NCC(C)N1CCOCC1C)NC1CCCN(c2cccc(OC)c2)C1. The van der Waals surface area contributed by atoms with E-state index in [0.29, 0.717) is 18.1 Å². The fourth-order valence-corrected chi connectivity index (χ4v) is 4.37. The third kappa shape index (κ3) is 6.25. The fourth-order valence-electron chi connectivity index (χ4n) is 4.37. The molecule has 2 heterocycles. The maximum absolute atomic E-state index is 5.57. The molecule has 0 spiro atoms. The van der Waals surface area contributed by atoms with Gasteiger partial charge in [-0.2, -0.15) is 0 Å². The van der Waals surface area contributed by atoms with Crippen molar-refractivity contribution in [3.63, 3.8) is 0 Å². The molecule has 0 saturated carbocycles. The normalized spacial score (nSPS) is 24.4. The van der Waals surface area contributed by atoms with Gasteiger partial charge in [-0.1, -0.05) is 6.07 Å². The van der Waals surface area contributed by atoms with Gasteiger partial charge in [-0.25, -0.2) is 0 Å². The number of benzene rings is 1. The zero-order valence-electron chi connectivity index (χ0n) is 19.1. The minimum Gasteiger partial charge on any atom is -0.497 e. The highest BCUT2D eigenvalue weighted by molar-refractivity contribution is 5.80. The van der Waals surface area contributed by atoms with Gasteiger partial charge in [0.25, 0.3) is 0 Å². The summed E-state index contributed by atoms with van der Waals surface area (Å²) in [5.41, 5.74) is 1.22. The highest BCUT2D eigenvalue weighted by Crippen LogP contribution is 2.24. The van der Waals surface area contributed by atoms with Crippen LogP contribution in [0.25, 0.3) is 0 Å². The number of piperidine rings is 1. The Morgan fingerprint density at radius 2 is 2.23 bits per heavy atom. The molecule has 0 bridgehead atoms. The van der Waals surface area contributed by atoms with E-state index < -0.39 is 0 Å². The van der Waals surface area contributed by atoms with E-state index in [1.165, 1.54) is 5.69 Å². The van der Waals surface area contributed by atoms with E-state index in [4.69, 9.17) is 14.5 Å². The first-order valence-corrected chi connectivity index (χ1v) is 11.4. The van der Waals surface area contributed by atoms with Crippen LogP contribution < -0.4 is 20.3 Å². The zero-order chi connectivity index (χ0) is 21.3. The number of hydrogen-bond donors (Lipinski definition) is 2. The predicted molar refractivity (Wildman–Crippen MR) is 124 cm³/mol. The average Bonchev–Trinajstić information content (AvgIpc) is 2.78. The molecule has 3 unspecified atom stereocenters. The van der Waals surface area contributed by atoms with E-state index in [2.05, 4.69) is 59.4 Å². The Balaban J connectivity index is 1.58. The molecule has 0 aliphatic carbocycles. The van der Waals surface area contributed by atoms with E-state index in [1.807, 2.05) is 6.07 Å². The Morgan fingerprint density at radius 1 is 1.37 bits per heavy atom. The van der Waals surface area contributed by atoms with Crippen molar-refractivity contribution >= 4 is 11.6 Å². The van der Waals surface area contributed by atoms with Crippen LogP contribution in [0.5, 0.6) is 5.75 Å². The van der Waals surface area contributed by atoms with Crippen molar-refractivity contribution in [2.75, 3.05) is 57.9 Å². The van der Waals surface area contributed by atoms with Crippen molar-refractivity contribution in [3.05, 3.63) is 24.3 Å². The van der Waals surface area contributed by atoms with E-state index >= 15 is 0 Å². The quantitative estimate of drug-likeness (QED) is 0.525. The van der Waals surface area contributed by atoms with E-state index in [0.717, 1.165) is 70.5 Å². The molecule has 30 heavy (non-hydrogen) atoms. The van der Waals surface area contributed by atoms with Crippen LogP contribution in [-0.4, -0.2) is 82.0 Å². The molecule has 2 fully saturated rings. The van der Waals surface area contributed by atoms with Crippen molar-refractivity contribution < 1.29 is 9.47 Å². The summed E-state index contributed by atoms with van der Waals surface area (Å²) in [4.78, 5) is 9.85. The minimum atomic E-state index is 0.375. The molecule has 2 aliphatic heterocycles. The summed E-state index contributed by atoms with van der Waals surface area (Å²) in [5.74, 6) is 1.83. The second-order valence-electron chi connectivity index (χ2n) is 8.36. The van der Waals surface area contributed by atoms with E-state index in [9.17, 15) is 0 Å². The number of nitrogens with one attached hydrogen (secondary N) is 2. The van der Waals surface area contributed by atoms with Crippen molar-refractivity contribution in [1.29, 1.82) is 0 Å². The van der Waals surface area contributed by atoms with Gasteiger partial charge in [0, 0.05) is 56.1 Å². The number of ether oxygens (including phenoxy) is 2. The van der Waals surface area contributed by atoms with Gasteiger partial charge in [0.1, 0.15) is 5.75 Å². The lowest BCUT2D eigenvalue weighted by Gasteiger charge is -2.37. The number of methoxy groups -OCH3 is 1. The molecule has 0 aromatic heterocycles. The Bertz CT molecular complexity index is 683. The van der Waals surface area contributed by atoms with Gasteiger partial charge in [0.15, 0.2) is 5.96 Å². The van der Waals surface area contributed by atoms with Crippen LogP contribution in [0.15, 0.2) is 29.3 Å². The van der Waals surface area contributed by atoms with Crippen LogP contribution in [0.3, 0.4) is 0 Å². The van der Waals surface area contributed by atoms with Gasteiger partial charge in [-0.3, -0.25) is 9.89 Å². The van der Waals surface area contributed by atoms with Crippen molar-refractivity contribution in [2.45, 2.75) is 51.7 Å². The monoisotopic (exact) mass is 417 g/mol. The third-order valence-corrected chi connectivity index (χ3v) is 6.02. The Morgan fingerprint density at radius 3 is 3.00 bits per heavy atom. The molecule has 3 rings (SSSR count). The second kappa shape index (κ2) is 11.4. The molecule has 1 aromatic rings. The summed E-state index contributed by atoms with van der Waals surface area (Å²) < 4.78 is 11.0. The number of anilines is 1. The number of aliphatic imine (C=N–C) groups is 1. The first-order valence-electron chi connectivity index (χ1n) is 11.4. The summed E-state index contributed by atoms with van der Waals surface area (Å²) in [6.07, 6.45) is 2.32. The van der Waals surface area contributed by atoms with Crippen LogP contribution in [0.4, 0.5) is 5.69 Å². The second-order valence-corrected chi connectivity index (χ2v) is 8.36. The largest absolute Gasteiger partial charge is 0.497 e. The number of nitrogens with zero attached hydrogens (tertiary/aromatic N) is 3. The maximum Gasteiger partial charge on any atom is 0.191 e. The Hall–Kier alpha value is -1.99. The lowest BCUT2D eigenvalue weighted by Crippen LogP contribution is -2.52. The molecule has 2 aliphatic rings. The topological polar surface area (TPSA) is 61.4 Å². The fraction of sp³-hybridized carbons (Fsp3) is 0.696. The molecule has 168 valence electrons. The Kier molecular flexibility index (Phi) is 8.63. The summed E-state index contributed by atoms with van der Waals surface area (Å²) in [6, 6.07) is 9.57. The molecule has 3 atom stereocenters. The molecule has 7 nitrogen and oxygen atoms in total. The van der Waals surface area contributed by atoms with Gasteiger partial charge in [0.05, 0.1) is 26.9 Å². The summed E-state index contributed by atoms with van der Waals surface area (Å²) in [6.45, 7) is 12.9. The summed E-state index contributed by atoms with van der Waals surface area (Å²) in [5, 5.41) is 7.11. The number of hydrogen-bond acceptors (Lipinski definition) is 5. The molecular formula is C23H39N5O2. The van der Waals surface area contributed by atoms with E-state index in [-0.39, 0.29) is 0 Å². The molecule has 2 saturated heterocycles. The highest BCUT2D eigenvalue weighted by Gasteiger charge is 2.24. The predicted octanol–water partition coefficient (Wildman–Crippen LogP) is 2.33. The zero-order valence-corrected chi connectivity index (χ0v) is 19.1. The van der Waals surface area contributed by atoms with Gasteiger partial charge < -0.3 is 25.0 Å². The maximum atomic E-state index is 5.57. The molecule has 2 N–H and O–H groups in total. The highest BCUT2D eigenvalue weighted by atomic mass is 16.5. The third-order valence-electron chi connectivity index (χ3n) is 6.02. The molecule has 7 heteroatoms. The van der Waals surface area contributed by atoms with Gasteiger partial charge in [-0.15, -0.1) is 0 Å². The Labute approximate surface area is 181 Å². The van der Waals surface area contributed by atoms with E-state index in [1.54, 1.807) is 7.11 Å². The molecule has 0 amide bonds. The van der Waals surface area contributed by atoms with Crippen LogP contribution >= 0.6 is 0 Å². The van der Waals surface area contributed by atoms with Crippen molar-refractivity contribution in [1.82, 2.24) is 15.5 Å². The summed E-state index contributed by atoms with van der Waals surface area (Å²) >= 11 is 0. The smallest absolute Gasteiger partial charge is 0.191 e. The average molecular weight is 418 g/mol. The first-order chi connectivity index (χ1) is 14.6. The van der Waals surface area contributed by atoms with Gasteiger partial charge in [0.2, 0.25) is 0 Å². The summed E-state index contributed by atoms with van der Waals surface area (Å²) in [7, 11) is 1.72. The number of morpholine rings is 1. The van der Waals surface area contributed by atoms with Gasteiger partial charge >= 0.3 is 0 Å². The van der Waals surface area contributed by atoms with Crippen LogP contribution in [0, 0.1) is 0 Å². The molecule has 0 radical (unpaired) electrons. The number of rotatable bonds is 7. The van der Waals surface area contributed by atoms with Gasteiger partial charge in [-0.05, 0) is 45.7 Å². The lowest BCUT2D eigenvalue weighted by molar-refractivity contribution is -0.0165. The van der Waals surface area contributed by atoms with Crippen LogP contribution in [0.1, 0.15) is 33.6 Å². The van der Waals surface area contributed by atoms with Crippen LogP contribution in [-0.2, 0) is 4.74 Å². The lowest BCUT2D eigenvalue weighted by atomic mass is 10.0.